The molecule has 1 aliphatic heterocycles. The van der Waals surface area contributed by atoms with Crippen molar-refractivity contribution < 1.29 is 27.4 Å². The normalized spacial score (nSPS) is 14.4. The number of ether oxygens (including phenoxy) is 2. The lowest BCUT2D eigenvalue weighted by atomic mass is 10.1. The van der Waals surface area contributed by atoms with Crippen molar-refractivity contribution in [1.82, 2.24) is 9.88 Å². The largest absolute Gasteiger partial charge is 0.493 e. The van der Waals surface area contributed by atoms with Crippen molar-refractivity contribution in [2.45, 2.75) is 19.0 Å². The highest BCUT2D eigenvalue weighted by atomic mass is 35.5. The Balaban J connectivity index is 1.51. The number of methoxy groups -OCH3 is 1. The Morgan fingerprint density at radius 3 is 2.47 bits per heavy atom. The molecule has 2 heterocycles. The van der Waals surface area contributed by atoms with Crippen molar-refractivity contribution in [2.75, 3.05) is 44.8 Å². The summed E-state index contributed by atoms with van der Waals surface area (Å²) in [5.41, 5.74) is 0.769. The Bertz CT molecular complexity index is 952. The van der Waals surface area contributed by atoms with E-state index in [1.807, 2.05) is 4.90 Å². The molecule has 174 valence electrons. The Hall–Kier alpha value is -2.39. The molecule has 0 saturated carbocycles. The number of carbonyl (C=O) groups is 1. The number of hydrogen-bond donors (Lipinski definition) is 0. The van der Waals surface area contributed by atoms with Crippen LogP contribution in [0.4, 0.5) is 19.0 Å². The molecule has 0 spiro atoms. The van der Waals surface area contributed by atoms with Gasteiger partial charge in [-0.3, -0.25) is 4.79 Å². The first kappa shape index (κ1) is 24.3. The van der Waals surface area contributed by atoms with Gasteiger partial charge in [0.05, 0.1) is 17.2 Å². The first-order valence-electron chi connectivity index (χ1n) is 9.86. The van der Waals surface area contributed by atoms with Gasteiger partial charge in [-0.05, 0) is 30.2 Å². The Morgan fingerprint density at radius 1 is 1.12 bits per heavy atom. The van der Waals surface area contributed by atoms with Crippen molar-refractivity contribution in [3.8, 4) is 11.5 Å². The van der Waals surface area contributed by atoms with Crippen molar-refractivity contribution in [3.05, 3.63) is 46.1 Å². The molecule has 32 heavy (non-hydrogen) atoms. The van der Waals surface area contributed by atoms with E-state index in [2.05, 4.69) is 4.98 Å². The molecule has 0 unspecified atom stereocenters. The molecule has 2 aromatic rings. The number of benzene rings is 1. The van der Waals surface area contributed by atoms with E-state index in [0.29, 0.717) is 48.5 Å². The van der Waals surface area contributed by atoms with Gasteiger partial charge in [-0.15, -0.1) is 0 Å². The quantitative estimate of drug-likeness (QED) is 0.565. The maximum Gasteiger partial charge on any atom is 0.422 e. The number of aryl methyl sites for hydroxylation is 1. The number of anilines is 1. The molecule has 3 rings (SSSR count). The third-order valence-electron chi connectivity index (χ3n) is 4.97. The van der Waals surface area contributed by atoms with Crippen LogP contribution in [0.5, 0.6) is 11.5 Å². The Labute approximate surface area is 193 Å². The average molecular weight is 492 g/mol. The summed E-state index contributed by atoms with van der Waals surface area (Å²) in [5, 5.41) is 0.929. The SMILES string of the molecule is COc1cc(CCC(=O)N2CCN(c3ncc(Cl)cc3Cl)CC2)ccc1OCC(F)(F)F. The second kappa shape index (κ2) is 10.5. The second-order valence-corrected chi connectivity index (χ2v) is 8.06. The van der Waals surface area contributed by atoms with Crippen LogP contribution in [-0.2, 0) is 11.2 Å². The fraction of sp³-hybridized carbons (Fsp3) is 0.429. The van der Waals surface area contributed by atoms with E-state index < -0.39 is 12.8 Å². The van der Waals surface area contributed by atoms with Crippen LogP contribution in [0.3, 0.4) is 0 Å². The molecule has 6 nitrogen and oxygen atoms in total. The first-order chi connectivity index (χ1) is 15.2. The molecule has 1 aromatic carbocycles. The number of pyridine rings is 1. The van der Waals surface area contributed by atoms with E-state index >= 15 is 0 Å². The molecule has 1 aromatic heterocycles. The predicted molar refractivity (Wildman–Crippen MR) is 116 cm³/mol. The minimum absolute atomic E-state index is 0.00354. The average Bonchev–Trinajstić information content (AvgIpc) is 2.76. The van der Waals surface area contributed by atoms with Gasteiger partial charge in [0.2, 0.25) is 5.91 Å². The third kappa shape index (κ3) is 6.56. The lowest BCUT2D eigenvalue weighted by Crippen LogP contribution is -2.49. The van der Waals surface area contributed by atoms with Crippen LogP contribution in [-0.4, -0.2) is 61.9 Å². The van der Waals surface area contributed by atoms with E-state index in [9.17, 15) is 18.0 Å². The Kier molecular flexibility index (Phi) is 7.95. The highest BCUT2D eigenvalue weighted by molar-refractivity contribution is 6.36. The van der Waals surface area contributed by atoms with Crippen molar-refractivity contribution in [2.24, 2.45) is 0 Å². The van der Waals surface area contributed by atoms with E-state index in [-0.39, 0.29) is 23.8 Å². The summed E-state index contributed by atoms with van der Waals surface area (Å²) in [4.78, 5) is 20.7. The zero-order valence-electron chi connectivity index (χ0n) is 17.3. The van der Waals surface area contributed by atoms with Crippen LogP contribution in [0.2, 0.25) is 10.0 Å². The third-order valence-corrected chi connectivity index (χ3v) is 5.45. The van der Waals surface area contributed by atoms with E-state index in [1.54, 1.807) is 23.1 Å². The van der Waals surface area contributed by atoms with Gasteiger partial charge in [-0.1, -0.05) is 29.3 Å². The fourth-order valence-corrected chi connectivity index (χ4v) is 3.86. The van der Waals surface area contributed by atoms with Crippen LogP contribution in [0.1, 0.15) is 12.0 Å². The molecule has 1 saturated heterocycles. The molecule has 1 amide bonds. The van der Waals surface area contributed by atoms with Crippen LogP contribution in [0.25, 0.3) is 0 Å². The van der Waals surface area contributed by atoms with Gasteiger partial charge in [0.1, 0.15) is 5.82 Å². The molecule has 1 fully saturated rings. The van der Waals surface area contributed by atoms with Crippen LogP contribution in [0, 0.1) is 0 Å². The molecule has 0 bridgehead atoms. The Morgan fingerprint density at radius 2 is 1.84 bits per heavy atom. The number of aromatic nitrogens is 1. The van der Waals surface area contributed by atoms with Crippen LogP contribution >= 0.6 is 23.2 Å². The maximum atomic E-state index is 12.6. The van der Waals surface area contributed by atoms with Crippen LogP contribution in [0.15, 0.2) is 30.5 Å². The van der Waals surface area contributed by atoms with Crippen molar-refractivity contribution in [1.29, 1.82) is 0 Å². The van der Waals surface area contributed by atoms with Gasteiger partial charge in [0.15, 0.2) is 18.1 Å². The minimum atomic E-state index is -4.44. The molecular formula is C21H22Cl2F3N3O3. The van der Waals surface area contributed by atoms with Crippen molar-refractivity contribution >= 4 is 34.9 Å². The second-order valence-electron chi connectivity index (χ2n) is 7.22. The van der Waals surface area contributed by atoms with Gasteiger partial charge < -0.3 is 19.3 Å². The summed E-state index contributed by atoms with van der Waals surface area (Å²) in [6.45, 7) is 0.863. The summed E-state index contributed by atoms with van der Waals surface area (Å²) in [6, 6.07) is 6.28. The number of alkyl halides is 3. The molecule has 0 aliphatic carbocycles. The minimum Gasteiger partial charge on any atom is -0.493 e. The van der Waals surface area contributed by atoms with Crippen LogP contribution < -0.4 is 14.4 Å². The van der Waals surface area contributed by atoms with Gasteiger partial charge in [-0.2, -0.15) is 13.2 Å². The molecule has 0 atom stereocenters. The van der Waals surface area contributed by atoms with Gasteiger partial charge in [0, 0.05) is 38.8 Å². The summed E-state index contributed by atoms with van der Waals surface area (Å²) >= 11 is 12.1. The highest BCUT2D eigenvalue weighted by Crippen LogP contribution is 2.30. The zero-order valence-corrected chi connectivity index (χ0v) is 18.8. The molecule has 0 radical (unpaired) electrons. The molecule has 11 heteroatoms. The molecule has 1 aliphatic rings. The summed E-state index contributed by atoms with van der Waals surface area (Å²) in [7, 11) is 1.35. The highest BCUT2D eigenvalue weighted by Gasteiger charge is 2.29. The van der Waals surface area contributed by atoms with E-state index in [1.165, 1.54) is 19.4 Å². The number of piperazine rings is 1. The molecule has 0 N–H and O–H groups in total. The standard InChI is InChI=1S/C21H22Cl2F3N3O3/c1-31-18-10-14(2-4-17(18)32-13-21(24,25)26)3-5-19(30)28-6-8-29(9-7-28)20-16(23)11-15(22)12-27-20/h2,4,10-12H,3,5-9,13H2,1H3. The number of halogens is 5. The smallest absolute Gasteiger partial charge is 0.422 e. The number of amides is 1. The predicted octanol–water partition coefficient (Wildman–Crippen LogP) is 4.62. The fourth-order valence-electron chi connectivity index (χ4n) is 3.36. The van der Waals surface area contributed by atoms with Gasteiger partial charge in [0.25, 0.3) is 0 Å². The van der Waals surface area contributed by atoms with Gasteiger partial charge >= 0.3 is 6.18 Å². The summed E-state index contributed by atoms with van der Waals surface area (Å²) in [6.07, 6.45) is -2.20. The number of hydrogen-bond acceptors (Lipinski definition) is 5. The van der Waals surface area contributed by atoms with Crippen molar-refractivity contribution in [3.63, 3.8) is 0 Å². The monoisotopic (exact) mass is 491 g/mol. The maximum absolute atomic E-state index is 12.6. The van der Waals surface area contributed by atoms with E-state index in [4.69, 9.17) is 32.7 Å². The number of rotatable bonds is 7. The molecular weight excluding hydrogens is 470 g/mol. The lowest BCUT2D eigenvalue weighted by Gasteiger charge is -2.35. The van der Waals surface area contributed by atoms with Gasteiger partial charge in [-0.25, -0.2) is 4.98 Å². The summed E-state index contributed by atoms with van der Waals surface area (Å²) < 4.78 is 47.0. The first-order valence-corrected chi connectivity index (χ1v) is 10.6. The number of carbonyl (C=O) groups excluding carboxylic acids is 1. The lowest BCUT2D eigenvalue weighted by molar-refractivity contribution is -0.153. The van der Waals surface area contributed by atoms with E-state index in [0.717, 1.165) is 5.56 Å². The number of nitrogens with zero attached hydrogens (tertiary/aromatic N) is 3. The topological polar surface area (TPSA) is 54.9 Å². The zero-order chi connectivity index (χ0) is 23.3. The summed E-state index contributed by atoms with van der Waals surface area (Å²) in [5.74, 6) is 0.838.